The molecule has 0 aliphatic heterocycles. The molecule has 0 amide bonds. The molecule has 0 rings (SSSR count). The van der Waals surface area contributed by atoms with Gasteiger partial charge in [0.1, 0.15) is 0 Å². The second-order valence-electron chi connectivity index (χ2n) is 14.3. The van der Waals surface area contributed by atoms with Crippen molar-refractivity contribution in [1.82, 2.24) is 0 Å². The van der Waals surface area contributed by atoms with Crippen LogP contribution in [0.1, 0.15) is 139 Å². The molecular formula is C29H66Cl4N2P2Pd2. The van der Waals surface area contributed by atoms with Gasteiger partial charge < -0.3 is 7.43 Å². The number of nitrogens with zero attached hydrogens (tertiary/aromatic N) is 2. The van der Waals surface area contributed by atoms with E-state index < -0.39 is 7.92 Å². The zero-order valence-electron chi connectivity index (χ0n) is 28.1. The second kappa shape index (κ2) is 27.8. The van der Waals surface area contributed by atoms with Gasteiger partial charge in [-0.1, -0.05) is 77.7 Å². The Bertz CT molecular complexity index is 477. The summed E-state index contributed by atoms with van der Waals surface area (Å²) in [6.45, 7) is 48.0. The molecule has 0 bridgehead atoms. The second-order valence-corrected chi connectivity index (χ2v) is 29.0. The maximum atomic E-state index is 7.32. The van der Waals surface area contributed by atoms with Gasteiger partial charge in [-0.05, 0) is 77.8 Å². The number of hydrogen-bond acceptors (Lipinski definition) is 2. The number of halogens is 4. The Kier molecular flexibility index (Phi) is 43.2. The third kappa shape index (κ3) is 40.3. The van der Waals surface area contributed by atoms with Crippen LogP contribution in [-0.2, 0) is 31.9 Å². The van der Waals surface area contributed by atoms with Gasteiger partial charge in [0.25, 0.3) is 0 Å². The summed E-state index contributed by atoms with van der Waals surface area (Å²) in [5, 5.41) is 16.6. The molecule has 0 aromatic carbocycles. The molecule has 0 aliphatic rings. The molecule has 2 nitrogen and oxygen atoms in total. The van der Waals surface area contributed by atoms with E-state index in [1.54, 1.807) is 6.07 Å². The molecule has 0 N–H and O–H groups in total. The molecule has 0 fully saturated rings. The summed E-state index contributed by atoms with van der Waals surface area (Å²) in [5.74, 6) is 0. The van der Waals surface area contributed by atoms with Crippen molar-refractivity contribution in [2.24, 2.45) is 0 Å². The van der Waals surface area contributed by atoms with E-state index in [2.05, 4.69) is 131 Å². The predicted octanol–water partition coefficient (Wildman–Crippen LogP) is 14.0. The first-order valence-corrected chi connectivity index (χ1v) is 22.7. The molecule has 0 aromatic heterocycles. The molecule has 0 spiro atoms. The molecule has 39 heavy (non-hydrogen) atoms. The molecule has 0 atom stereocenters. The summed E-state index contributed by atoms with van der Waals surface area (Å²) in [4.78, 5) is 0. The van der Waals surface area contributed by atoms with Crippen LogP contribution in [0.15, 0.2) is 0 Å². The van der Waals surface area contributed by atoms with Crippen molar-refractivity contribution in [2.45, 2.75) is 170 Å². The van der Waals surface area contributed by atoms with E-state index in [9.17, 15) is 0 Å². The van der Waals surface area contributed by atoms with Crippen LogP contribution in [0.2, 0.25) is 0 Å². The van der Waals surface area contributed by atoms with Crippen LogP contribution in [0.3, 0.4) is 0 Å². The minimum atomic E-state index is -0.391. The number of hydrogen-bond donors (Lipinski definition) is 0. The zero-order valence-corrected chi connectivity index (χ0v) is 36.1. The standard InChI is InChI=1S/2C12H27P.C2H3N.CHN.CH4.CH3.4ClH.2Pd/c2*1-10(2,3)13(11(4,5)6)12(7,8)9;1-2-3;1-2;;;;;;;;/h2*1-9H3;1H3;1H;1H4;1H3;4*1H;;/q;;;;;-1;;;;;2*+2/p-3. The zero-order chi connectivity index (χ0) is 32.3. The molecule has 0 saturated carbocycles. The normalized spacial score (nSPS) is 11.5. The summed E-state index contributed by atoms with van der Waals surface area (Å²) in [6.07, 6.45) is 0. The molecule has 0 unspecified atom stereocenters. The van der Waals surface area contributed by atoms with Crippen LogP contribution in [0.4, 0.5) is 0 Å². The van der Waals surface area contributed by atoms with Crippen molar-refractivity contribution >= 4 is 54.0 Å². The Balaban J connectivity index is -0.0000000577. The van der Waals surface area contributed by atoms with Crippen LogP contribution >= 0.6 is 54.0 Å². The fraction of sp³-hybridized carbons (Fsp3) is 0.897. The molecule has 250 valence electrons. The van der Waals surface area contributed by atoms with Gasteiger partial charge in [0.05, 0.1) is 21.5 Å². The van der Waals surface area contributed by atoms with Gasteiger partial charge >= 0.3 is 70.0 Å². The Morgan fingerprint density at radius 3 is 0.667 bits per heavy atom. The van der Waals surface area contributed by atoms with E-state index in [0.29, 0.717) is 30.9 Å². The third-order valence-electron chi connectivity index (χ3n) is 4.26. The van der Waals surface area contributed by atoms with Crippen LogP contribution in [-0.4, -0.2) is 30.9 Å². The van der Waals surface area contributed by atoms with Gasteiger partial charge in [-0.3, -0.25) is 0 Å². The quantitative estimate of drug-likeness (QED) is 0.138. The SMILES string of the molecule is C.C#N.CC#N.CC(C)(C)P(C(C)(C)C)C(C)(C)C.CC(C)(C)[PH+](C(C)(C)C)C(C)(C)C.[CH3-].[Cl][Pd][Cl].[Cl][Pd][Cl]. The van der Waals surface area contributed by atoms with Crippen molar-refractivity contribution in [3.05, 3.63) is 7.43 Å². The van der Waals surface area contributed by atoms with E-state index in [0.717, 1.165) is 0 Å². The number of rotatable bonds is 0. The topological polar surface area (TPSA) is 47.6 Å². The Morgan fingerprint density at radius 2 is 0.667 bits per heavy atom. The van der Waals surface area contributed by atoms with Crippen molar-refractivity contribution in [2.75, 3.05) is 0 Å². The van der Waals surface area contributed by atoms with Crippen LogP contribution < -0.4 is 0 Å². The van der Waals surface area contributed by atoms with Crippen LogP contribution in [0.5, 0.6) is 0 Å². The van der Waals surface area contributed by atoms with Crippen molar-refractivity contribution < 1.29 is 31.9 Å². The summed E-state index contributed by atoms with van der Waals surface area (Å²) in [6, 6.07) is 1.75. The van der Waals surface area contributed by atoms with Gasteiger partial charge in [-0.25, -0.2) is 5.26 Å². The number of nitriles is 2. The summed E-state index contributed by atoms with van der Waals surface area (Å²) >= 11 is -0.211. The summed E-state index contributed by atoms with van der Waals surface area (Å²) in [5.41, 5.74) is 0. The minimum absolute atomic E-state index is 0. The van der Waals surface area contributed by atoms with E-state index in [1.807, 2.05) is 0 Å². The van der Waals surface area contributed by atoms with Crippen molar-refractivity contribution in [1.29, 1.82) is 10.5 Å². The Hall–Kier alpha value is 2.32. The fourth-order valence-corrected chi connectivity index (χ4v) is 19.2. The first-order chi connectivity index (χ1) is 16.0. The van der Waals surface area contributed by atoms with Gasteiger partial charge in [-0.2, -0.15) is 5.26 Å². The summed E-state index contributed by atoms with van der Waals surface area (Å²) < 4.78 is 0. The molecule has 0 aromatic rings. The van der Waals surface area contributed by atoms with Crippen molar-refractivity contribution in [3.63, 3.8) is 0 Å². The van der Waals surface area contributed by atoms with E-state index in [1.165, 1.54) is 6.92 Å². The molecular weight excluding hydrogens is 793 g/mol. The molecule has 10 heteroatoms. The van der Waals surface area contributed by atoms with Crippen LogP contribution in [0, 0.1) is 30.6 Å². The first-order valence-electron chi connectivity index (χ1n) is 11.9. The summed E-state index contributed by atoms with van der Waals surface area (Å²) in [7, 11) is 18.9. The van der Waals surface area contributed by atoms with Crippen molar-refractivity contribution in [3.8, 4) is 12.6 Å². The Labute approximate surface area is 283 Å². The maximum absolute atomic E-state index is 7.32. The predicted molar refractivity (Wildman–Crippen MR) is 188 cm³/mol. The van der Waals surface area contributed by atoms with E-state index >= 15 is 0 Å². The molecule has 0 aliphatic carbocycles. The molecule has 0 saturated heterocycles. The molecule has 0 radical (unpaired) electrons. The monoisotopic (exact) mass is 856 g/mol. The van der Waals surface area contributed by atoms with Gasteiger partial charge in [0.15, 0.2) is 0 Å². The molecule has 0 heterocycles. The van der Waals surface area contributed by atoms with E-state index in [4.69, 9.17) is 48.6 Å². The Morgan fingerprint density at radius 1 is 0.564 bits per heavy atom. The van der Waals surface area contributed by atoms with E-state index in [-0.39, 0.29) is 54.7 Å². The average Bonchev–Trinajstić information content (AvgIpc) is 2.50. The first kappa shape index (κ1) is 60.5. The van der Waals surface area contributed by atoms with Gasteiger partial charge in [0.2, 0.25) is 0 Å². The van der Waals surface area contributed by atoms with Crippen LogP contribution in [0.25, 0.3) is 0 Å². The third-order valence-corrected chi connectivity index (χ3v) is 12.8. The van der Waals surface area contributed by atoms with Gasteiger partial charge in [-0.15, -0.1) is 0 Å². The fourth-order valence-electron chi connectivity index (χ4n) is 6.39. The van der Waals surface area contributed by atoms with Gasteiger partial charge in [0, 0.05) is 21.4 Å². The average molecular weight is 859 g/mol.